The molecule has 1 fully saturated rings. The largest absolute Gasteiger partial charge is 0.342 e. The molecule has 1 heterocycles. The summed E-state index contributed by atoms with van der Waals surface area (Å²) in [5.74, 6) is 1.05. The first-order chi connectivity index (χ1) is 11.8. The summed E-state index contributed by atoms with van der Waals surface area (Å²) in [7, 11) is 0. The smallest absolute Gasteiger partial charge is 0.315 e. The summed E-state index contributed by atoms with van der Waals surface area (Å²) in [4.78, 5) is 19.8. The highest BCUT2D eigenvalue weighted by atomic mass is 16.2. The van der Waals surface area contributed by atoms with E-state index in [1.54, 1.807) is 0 Å². The highest BCUT2D eigenvalue weighted by Gasteiger charge is 2.14. The Balaban J connectivity index is 1.26. The van der Waals surface area contributed by atoms with Gasteiger partial charge in [-0.05, 0) is 37.8 Å². The van der Waals surface area contributed by atoms with Crippen LogP contribution in [0.1, 0.15) is 57.2 Å². The van der Waals surface area contributed by atoms with Gasteiger partial charge in [0.25, 0.3) is 0 Å². The number of aromatic amines is 1. The minimum absolute atomic E-state index is 0.000755. The first kappa shape index (κ1) is 16.8. The number of rotatable bonds is 7. The fraction of sp³-hybridized carbons (Fsp3) is 0.579. The number of imidazole rings is 1. The molecule has 2 aromatic rings. The third kappa shape index (κ3) is 4.98. The third-order valence-electron chi connectivity index (χ3n) is 4.75. The summed E-state index contributed by atoms with van der Waals surface area (Å²) in [6.07, 6.45) is 10.2. The summed E-state index contributed by atoms with van der Waals surface area (Å²) < 4.78 is 0. The number of hydrogen-bond donors (Lipinski definition) is 3. The first-order valence-corrected chi connectivity index (χ1v) is 9.29. The lowest BCUT2D eigenvalue weighted by atomic mass is 9.96. The average molecular weight is 328 g/mol. The number of para-hydroxylation sites is 2. The van der Waals surface area contributed by atoms with Gasteiger partial charge < -0.3 is 15.6 Å². The standard InChI is InChI=1S/C19H28N4O/c24-19(21-15-9-3-1-4-10-15)20-14-8-2-5-13-18-22-16-11-6-7-12-17(16)23-18/h6-7,11-12,15H,1-5,8-10,13-14H2,(H,22,23)(H2,20,21,24). The number of urea groups is 1. The molecule has 3 N–H and O–H groups in total. The van der Waals surface area contributed by atoms with Gasteiger partial charge >= 0.3 is 6.03 Å². The number of unbranched alkanes of at least 4 members (excludes halogenated alkanes) is 2. The summed E-state index contributed by atoms with van der Waals surface area (Å²) in [5.41, 5.74) is 2.14. The first-order valence-electron chi connectivity index (χ1n) is 9.29. The van der Waals surface area contributed by atoms with Gasteiger partial charge in [-0.15, -0.1) is 0 Å². The van der Waals surface area contributed by atoms with Crippen LogP contribution in [0.4, 0.5) is 4.79 Å². The van der Waals surface area contributed by atoms with Crippen molar-refractivity contribution < 1.29 is 4.79 Å². The number of H-pyrrole nitrogens is 1. The van der Waals surface area contributed by atoms with Crippen LogP contribution in [0.15, 0.2) is 24.3 Å². The van der Waals surface area contributed by atoms with Gasteiger partial charge in [-0.2, -0.15) is 0 Å². The number of nitrogens with zero attached hydrogens (tertiary/aromatic N) is 1. The number of carbonyl (C=O) groups is 1. The van der Waals surface area contributed by atoms with Crippen molar-refractivity contribution in [1.82, 2.24) is 20.6 Å². The normalized spacial score (nSPS) is 15.5. The second kappa shape index (κ2) is 8.71. The Morgan fingerprint density at radius 1 is 1.12 bits per heavy atom. The summed E-state index contributed by atoms with van der Waals surface area (Å²) in [6, 6.07) is 8.50. The fourth-order valence-electron chi connectivity index (χ4n) is 3.40. The van der Waals surface area contributed by atoms with Gasteiger partial charge in [0.1, 0.15) is 5.82 Å². The van der Waals surface area contributed by atoms with Gasteiger partial charge in [-0.25, -0.2) is 9.78 Å². The van der Waals surface area contributed by atoms with E-state index in [4.69, 9.17) is 0 Å². The van der Waals surface area contributed by atoms with E-state index in [2.05, 4.69) is 26.7 Å². The molecule has 1 aromatic carbocycles. The highest BCUT2D eigenvalue weighted by Crippen LogP contribution is 2.17. The molecule has 5 heteroatoms. The Labute approximate surface area is 143 Å². The maximum absolute atomic E-state index is 11.8. The predicted molar refractivity (Wildman–Crippen MR) is 97.1 cm³/mol. The molecule has 0 bridgehead atoms. The quantitative estimate of drug-likeness (QED) is 0.675. The molecule has 0 aliphatic heterocycles. The van der Waals surface area contributed by atoms with E-state index in [9.17, 15) is 4.79 Å². The van der Waals surface area contributed by atoms with Gasteiger partial charge in [0, 0.05) is 19.0 Å². The summed E-state index contributed by atoms with van der Waals surface area (Å²) in [5, 5.41) is 6.06. The number of aryl methyl sites for hydroxylation is 1. The van der Waals surface area contributed by atoms with Crippen LogP contribution in [-0.2, 0) is 6.42 Å². The molecule has 2 amide bonds. The van der Waals surface area contributed by atoms with Crippen LogP contribution in [0.2, 0.25) is 0 Å². The zero-order chi connectivity index (χ0) is 16.6. The van der Waals surface area contributed by atoms with E-state index in [-0.39, 0.29) is 6.03 Å². The average Bonchev–Trinajstić information content (AvgIpc) is 3.01. The number of aromatic nitrogens is 2. The van der Waals surface area contributed by atoms with Gasteiger partial charge in [-0.1, -0.05) is 37.8 Å². The molecule has 1 aliphatic rings. The number of benzene rings is 1. The topological polar surface area (TPSA) is 69.8 Å². The second-order valence-corrected chi connectivity index (χ2v) is 6.75. The van der Waals surface area contributed by atoms with Crippen LogP contribution in [0.25, 0.3) is 11.0 Å². The molecular formula is C19H28N4O. The van der Waals surface area contributed by atoms with Gasteiger partial charge in [-0.3, -0.25) is 0 Å². The highest BCUT2D eigenvalue weighted by molar-refractivity contribution is 5.74. The van der Waals surface area contributed by atoms with Crippen LogP contribution < -0.4 is 10.6 Å². The van der Waals surface area contributed by atoms with Crippen molar-refractivity contribution in [2.45, 2.75) is 63.8 Å². The maximum Gasteiger partial charge on any atom is 0.315 e. The fourth-order valence-corrected chi connectivity index (χ4v) is 3.40. The molecule has 0 spiro atoms. The Kier molecular flexibility index (Phi) is 6.10. The van der Waals surface area contributed by atoms with E-state index < -0.39 is 0 Å². The zero-order valence-corrected chi connectivity index (χ0v) is 14.3. The number of amides is 2. The minimum Gasteiger partial charge on any atom is -0.342 e. The van der Waals surface area contributed by atoms with Crippen LogP contribution in [0.3, 0.4) is 0 Å². The molecule has 1 saturated carbocycles. The molecule has 1 aromatic heterocycles. The zero-order valence-electron chi connectivity index (χ0n) is 14.3. The minimum atomic E-state index is -0.000755. The molecule has 0 saturated heterocycles. The molecule has 3 rings (SSSR count). The Bertz CT molecular complexity index is 613. The molecule has 130 valence electrons. The Hall–Kier alpha value is -2.04. The van der Waals surface area contributed by atoms with E-state index in [0.717, 1.165) is 61.9 Å². The third-order valence-corrected chi connectivity index (χ3v) is 4.75. The summed E-state index contributed by atoms with van der Waals surface area (Å²) >= 11 is 0. The van der Waals surface area contributed by atoms with Crippen LogP contribution >= 0.6 is 0 Å². The van der Waals surface area contributed by atoms with E-state index in [1.807, 2.05) is 18.2 Å². The number of hydrogen-bond acceptors (Lipinski definition) is 2. The van der Waals surface area contributed by atoms with Gasteiger partial charge in [0.2, 0.25) is 0 Å². The van der Waals surface area contributed by atoms with Crippen LogP contribution in [0, 0.1) is 0 Å². The lowest BCUT2D eigenvalue weighted by Gasteiger charge is -2.22. The molecule has 24 heavy (non-hydrogen) atoms. The van der Waals surface area contributed by atoms with Gasteiger partial charge in [0.05, 0.1) is 11.0 Å². The van der Waals surface area contributed by atoms with Crippen molar-refractivity contribution in [3.8, 4) is 0 Å². The number of fused-ring (bicyclic) bond motifs is 1. The van der Waals surface area contributed by atoms with Crippen molar-refractivity contribution in [1.29, 1.82) is 0 Å². The van der Waals surface area contributed by atoms with E-state index in [0.29, 0.717) is 6.04 Å². The van der Waals surface area contributed by atoms with Crippen molar-refractivity contribution in [2.75, 3.05) is 6.54 Å². The van der Waals surface area contributed by atoms with Crippen molar-refractivity contribution in [2.24, 2.45) is 0 Å². The van der Waals surface area contributed by atoms with Crippen molar-refractivity contribution in [3.05, 3.63) is 30.1 Å². The molecule has 1 aliphatic carbocycles. The molecule has 0 radical (unpaired) electrons. The lowest BCUT2D eigenvalue weighted by Crippen LogP contribution is -2.43. The van der Waals surface area contributed by atoms with E-state index in [1.165, 1.54) is 19.3 Å². The molecule has 5 nitrogen and oxygen atoms in total. The van der Waals surface area contributed by atoms with Gasteiger partial charge in [0.15, 0.2) is 0 Å². The Morgan fingerprint density at radius 3 is 2.79 bits per heavy atom. The Morgan fingerprint density at radius 2 is 1.96 bits per heavy atom. The number of carbonyl (C=O) groups excluding carboxylic acids is 1. The number of nitrogens with one attached hydrogen (secondary N) is 3. The molecule has 0 atom stereocenters. The molecular weight excluding hydrogens is 300 g/mol. The summed E-state index contributed by atoms with van der Waals surface area (Å²) in [6.45, 7) is 0.749. The second-order valence-electron chi connectivity index (χ2n) is 6.75. The van der Waals surface area contributed by atoms with E-state index >= 15 is 0 Å². The maximum atomic E-state index is 11.8. The van der Waals surface area contributed by atoms with Crippen molar-refractivity contribution in [3.63, 3.8) is 0 Å². The molecule has 0 unspecified atom stereocenters. The monoisotopic (exact) mass is 328 g/mol. The van der Waals surface area contributed by atoms with Crippen LogP contribution in [0.5, 0.6) is 0 Å². The van der Waals surface area contributed by atoms with Crippen LogP contribution in [-0.4, -0.2) is 28.6 Å². The lowest BCUT2D eigenvalue weighted by molar-refractivity contribution is 0.232. The predicted octanol–water partition coefficient (Wildman–Crippen LogP) is 3.91. The van der Waals surface area contributed by atoms with Crippen molar-refractivity contribution >= 4 is 17.1 Å². The SMILES string of the molecule is O=C(NCCCCCc1nc2ccccc2[nH]1)NC1CCCCC1.